The van der Waals surface area contributed by atoms with Crippen LogP contribution in [0.5, 0.6) is 0 Å². The van der Waals surface area contributed by atoms with Crippen LogP contribution in [0.3, 0.4) is 0 Å². The zero-order valence-electron chi connectivity index (χ0n) is 10.8. The van der Waals surface area contributed by atoms with Crippen LogP contribution in [0, 0.1) is 0 Å². The monoisotopic (exact) mass is 295 g/mol. The third kappa shape index (κ3) is 3.89. The number of rotatable bonds is 6. The molecule has 2 heterocycles. The van der Waals surface area contributed by atoms with Crippen molar-refractivity contribution >= 4 is 28.3 Å². The number of anilines is 1. The first-order valence-electron chi connectivity index (χ1n) is 5.92. The number of thiazole rings is 1. The number of esters is 1. The normalized spacial score (nSPS) is 10.2. The van der Waals surface area contributed by atoms with E-state index in [9.17, 15) is 9.59 Å². The van der Waals surface area contributed by atoms with Crippen LogP contribution in [0.4, 0.5) is 5.13 Å². The van der Waals surface area contributed by atoms with E-state index in [4.69, 9.17) is 0 Å². The number of aryl methyl sites for hydroxylation is 1. The zero-order chi connectivity index (χ0) is 14.4. The fourth-order valence-electron chi connectivity index (χ4n) is 1.49. The third-order valence-electron chi connectivity index (χ3n) is 2.48. The average Bonchev–Trinajstić information content (AvgIpc) is 3.10. The molecule has 7 nitrogen and oxygen atoms in total. The first-order chi connectivity index (χ1) is 9.69. The first kappa shape index (κ1) is 14.2. The summed E-state index contributed by atoms with van der Waals surface area (Å²) in [4.78, 5) is 26.9. The van der Waals surface area contributed by atoms with E-state index in [1.54, 1.807) is 0 Å². The number of nitrogens with zero attached hydrogens (tertiary/aromatic N) is 2. The van der Waals surface area contributed by atoms with Crippen molar-refractivity contribution in [3.63, 3.8) is 0 Å². The molecular formula is C12H13N3O4S. The van der Waals surface area contributed by atoms with E-state index in [2.05, 4.69) is 24.7 Å². The Labute approximate surface area is 118 Å². The molecule has 1 amide bonds. The maximum Gasteiger partial charge on any atom is 0.305 e. The molecule has 0 unspecified atom stereocenters. The van der Waals surface area contributed by atoms with Crippen molar-refractivity contribution in [2.45, 2.75) is 19.3 Å². The molecule has 8 heteroatoms. The Balaban J connectivity index is 1.83. The van der Waals surface area contributed by atoms with E-state index < -0.39 is 0 Å². The molecule has 0 bridgehead atoms. The Kier molecular flexibility index (Phi) is 4.83. The summed E-state index contributed by atoms with van der Waals surface area (Å²) in [5.41, 5.74) is 1.03. The summed E-state index contributed by atoms with van der Waals surface area (Å²) in [7, 11) is 1.36. The molecule has 2 aromatic rings. The van der Waals surface area contributed by atoms with Crippen LogP contribution in [-0.2, 0) is 16.0 Å². The molecule has 0 aliphatic heterocycles. The molecule has 2 rings (SSSR count). The van der Waals surface area contributed by atoms with Gasteiger partial charge in [-0.2, -0.15) is 0 Å². The van der Waals surface area contributed by atoms with Crippen molar-refractivity contribution in [2.24, 2.45) is 0 Å². The Bertz CT molecular complexity index is 579. The van der Waals surface area contributed by atoms with Gasteiger partial charge in [0.05, 0.1) is 12.8 Å². The van der Waals surface area contributed by atoms with Gasteiger partial charge in [0, 0.05) is 17.9 Å². The lowest BCUT2D eigenvalue weighted by Crippen LogP contribution is -2.12. The topological polar surface area (TPSA) is 94.3 Å². The molecule has 1 N–H and O–H groups in total. The quantitative estimate of drug-likeness (QED) is 0.818. The molecule has 0 aliphatic carbocycles. The van der Waals surface area contributed by atoms with Gasteiger partial charge in [0.15, 0.2) is 10.8 Å². The second-order valence-electron chi connectivity index (χ2n) is 3.91. The molecule has 0 radical (unpaired) electrons. The highest BCUT2D eigenvalue weighted by atomic mass is 32.1. The second kappa shape index (κ2) is 6.80. The summed E-state index contributed by atoms with van der Waals surface area (Å²) in [6.07, 6.45) is 3.00. The van der Waals surface area contributed by atoms with E-state index in [0.717, 1.165) is 5.69 Å². The smallest absolute Gasteiger partial charge is 0.305 e. The summed E-state index contributed by atoms with van der Waals surface area (Å²) in [6, 6.07) is 1.47. The molecule has 0 aromatic carbocycles. The highest BCUT2D eigenvalue weighted by Crippen LogP contribution is 2.17. The molecule has 0 saturated carbocycles. The highest BCUT2D eigenvalue weighted by Gasteiger charge is 2.11. The molecule has 0 saturated heterocycles. The van der Waals surface area contributed by atoms with Crippen LogP contribution in [-0.4, -0.2) is 29.1 Å². The molecular weight excluding hydrogens is 282 g/mol. The van der Waals surface area contributed by atoms with Gasteiger partial charge in [-0.05, 0) is 12.8 Å². The standard InChI is InChI=1S/C12H13N3O4S/c1-18-10(16)4-2-3-8-7-20-12(13-8)14-11(17)9-5-6-19-15-9/h5-7H,2-4H2,1H3,(H,13,14,17). The van der Waals surface area contributed by atoms with E-state index in [0.29, 0.717) is 24.4 Å². The summed E-state index contributed by atoms with van der Waals surface area (Å²) >= 11 is 1.32. The van der Waals surface area contributed by atoms with Crippen LogP contribution >= 0.6 is 11.3 Å². The number of methoxy groups -OCH3 is 1. The maximum absolute atomic E-state index is 11.7. The van der Waals surface area contributed by atoms with Crippen LogP contribution in [0.1, 0.15) is 29.0 Å². The van der Waals surface area contributed by atoms with E-state index >= 15 is 0 Å². The number of nitrogens with one attached hydrogen (secondary N) is 1. The van der Waals surface area contributed by atoms with E-state index in [1.165, 1.54) is 30.8 Å². The van der Waals surface area contributed by atoms with Gasteiger partial charge in [0.2, 0.25) is 0 Å². The number of carbonyl (C=O) groups is 2. The van der Waals surface area contributed by atoms with Crippen LogP contribution in [0.25, 0.3) is 0 Å². The molecule has 0 spiro atoms. The van der Waals surface area contributed by atoms with E-state index in [1.807, 2.05) is 5.38 Å². The van der Waals surface area contributed by atoms with Gasteiger partial charge in [-0.15, -0.1) is 11.3 Å². The molecule has 0 fully saturated rings. The number of ether oxygens (including phenoxy) is 1. The number of amides is 1. The minimum absolute atomic E-state index is 0.201. The minimum Gasteiger partial charge on any atom is -0.469 e. The van der Waals surface area contributed by atoms with Crippen molar-refractivity contribution < 1.29 is 18.8 Å². The summed E-state index contributed by atoms with van der Waals surface area (Å²) in [6.45, 7) is 0. The van der Waals surface area contributed by atoms with Crippen molar-refractivity contribution in [3.05, 3.63) is 29.1 Å². The minimum atomic E-state index is -0.366. The van der Waals surface area contributed by atoms with Crippen molar-refractivity contribution in [3.8, 4) is 0 Å². The number of hydrogen-bond acceptors (Lipinski definition) is 7. The Morgan fingerprint density at radius 2 is 2.35 bits per heavy atom. The van der Waals surface area contributed by atoms with Crippen LogP contribution < -0.4 is 5.32 Å². The largest absolute Gasteiger partial charge is 0.469 e. The molecule has 20 heavy (non-hydrogen) atoms. The van der Waals surface area contributed by atoms with Crippen molar-refractivity contribution in [1.29, 1.82) is 0 Å². The lowest BCUT2D eigenvalue weighted by molar-refractivity contribution is -0.140. The SMILES string of the molecule is COC(=O)CCCc1csc(NC(=O)c2ccon2)n1. The molecule has 106 valence electrons. The lowest BCUT2D eigenvalue weighted by atomic mass is 10.2. The zero-order valence-corrected chi connectivity index (χ0v) is 11.6. The highest BCUT2D eigenvalue weighted by molar-refractivity contribution is 7.13. The Hall–Kier alpha value is -2.22. The maximum atomic E-state index is 11.7. The van der Waals surface area contributed by atoms with Gasteiger partial charge in [-0.1, -0.05) is 5.16 Å². The van der Waals surface area contributed by atoms with Crippen molar-refractivity contribution in [2.75, 3.05) is 12.4 Å². The number of aromatic nitrogens is 2. The summed E-state index contributed by atoms with van der Waals surface area (Å²) in [5.74, 6) is -0.603. The Morgan fingerprint density at radius 3 is 3.05 bits per heavy atom. The van der Waals surface area contributed by atoms with Gasteiger partial charge in [-0.3, -0.25) is 14.9 Å². The summed E-state index contributed by atoms with van der Waals surface area (Å²) < 4.78 is 9.15. The fourth-order valence-corrected chi connectivity index (χ4v) is 2.23. The second-order valence-corrected chi connectivity index (χ2v) is 4.77. The van der Waals surface area contributed by atoms with Gasteiger partial charge in [0.25, 0.3) is 5.91 Å². The Morgan fingerprint density at radius 1 is 1.50 bits per heavy atom. The van der Waals surface area contributed by atoms with Gasteiger partial charge in [-0.25, -0.2) is 4.98 Å². The third-order valence-corrected chi connectivity index (χ3v) is 3.29. The average molecular weight is 295 g/mol. The number of hydrogen-bond donors (Lipinski definition) is 1. The van der Waals surface area contributed by atoms with Crippen LogP contribution in [0.2, 0.25) is 0 Å². The van der Waals surface area contributed by atoms with Crippen LogP contribution in [0.15, 0.2) is 22.2 Å². The first-order valence-corrected chi connectivity index (χ1v) is 6.80. The van der Waals surface area contributed by atoms with Gasteiger partial charge < -0.3 is 9.26 Å². The fraction of sp³-hybridized carbons (Fsp3) is 0.333. The molecule has 0 atom stereocenters. The predicted molar refractivity (Wildman–Crippen MR) is 71.5 cm³/mol. The van der Waals surface area contributed by atoms with Crippen molar-refractivity contribution in [1.82, 2.24) is 10.1 Å². The summed E-state index contributed by atoms with van der Waals surface area (Å²) in [5, 5.41) is 8.50. The van der Waals surface area contributed by atoms with Gasteiger partial charge in [0.1, 0.15) is 6.26 Å². The van der Waals surface area contributed by atoms with E-state index in [-0.39, 0.29) is 17.6 Å². The lowest BCUT2D eigenvalue weighted by Gasteiger charge is -1.98. The number of carbonyl (C=O) groups excluding carboxylic acids is 2. The molecule has 0 aliphatic rings. The van der Waals surface area contributed by atoms with Gasteiger partial charge >= 0.3 is 5.97 Å². The molecule has 2 aromatic heterocycles. The predicted octanol–water partition coefficient (Wildman–Crippen LogP) is 1.88.